The zero-order valence-electron chi connectivity index (χ0n) is 22.1. The minimum Gasteiger partial charge on any atom is -0.369 e. The third kappa shape index (κ3) is 4.88. The van der Waals surface area contributed by atoms with E-state index in [0.29, 0.717) is 11.4 Å². The van der Waals surface area contributed by atoms with Crippen LogP contribution in [-0.2, 0) is 5.54 Å². The summed E-state index contributed by atoms with van der Waals surface area (Å²) in [4.78, 5) is 21.3. The molecule has 37 heavy (non-hydrogen) atoms. The van der Waals surface area contributed by atoms with Gasteiger partial charge in [-0.1, -0.05) is 36.2 Å². The van der Waals surface area contributed by atoms with Gasteiger partial charge in [-0.05, 0) is 85.8 Å². The maximum absolute atomic E-state index is 13.5. The van der Waals surface area contributed by atoms with Crippen LogP contribution in [0.2, 0.25) is 5.02 Å². The fourth-order valence-electron chi connectivity index (χ4n) is 5.13. The summed E-state index contributed by atoms with van der Waals surface area (Å²) in [6.45, 7) is 13.7. The number of aromatic amines is 1. The van der Waals surface area contributed by atoms with Gasteiger partial charge in [-0.25, -0.2) is 4.68 Å². The second-order valence-corrected chi connectivity index (χ2v) is 11.1. The van der Waals surface area contributed by atoms with Crippen LogP contribution in [-0.4, -0.2) is 56.3 Å². The van der Waals surface area contributed by atoms with Crippen LogP contribution in [0.3, 0.4) is 0 Å². The fraction of sp³-hybridized carbons (Fsp3) is 0.429. The molecule has 3 heterocycles. The Balaban J connectivity index is 1.57. The van der Waals surface area contributed by atoms with Crippen molar-refractivity contribution in [1.29, 1.82) is 0 Å². The molecule has 9 heteroatoms. The zero-order chi connectivity index (χ0) is 26.3. The number of anilines is 1. The van der Waals surface area contributed by atoms with E-state index in [1.807, 2.05) is 35.0 Å². The number of nitrogens with zero attached hydrogens (tertiary/aromatic N) is 6. The van der Waals surface area contributed by atoms with Gasteiger partial charge >= 0.3 is 0 Å². The molecule has 0 amide bonds. The standard InChI is InChI=1S/C28H34ClN7O/c1-6-28(4,5)36-26(31-32-33-36)25(22-16-20-15-18(2)7-10-23(20)30-27(22)37)35-13-11-34(12-14-35)24-17-21(29)9-8-19(24)3/h7-10,15-17,25H,6,11-14H2,1-5H3,(H,30,37). The SMILES string of the molecule is CCC(C)(C)n1nnnc1C(c1cc2cc(C)ccc2[nH]c1=O)N1CCN(c2cc(Cl)ccc2C)CC1. The lowest BCUT2D eigenvalue weighted by Gasteiger charge is -2.40. The number of aromatic nitrogens is 5. The van der Waals surface area contributed by atoms with Crippen LogP contribution in [0.25, 0.3) is 10.9 Å². The number of hydrogen-bond acceptors (Lipinski definition) is 6. The molecule has 1 aliphatic rings. The number of rotatable bonds is 6. The smallest absolute Gasteiger partial charge is 0.253 e. The normalized spacial score (nSPS) is 15.9. The largest absolute Gasteiger partial charge is 0.369 e. The lowest BCUT2D eigenvalue weighted by atomic mass is 9.98. The number of nitrogens with one attached hydrogen (secondary N) is 1. The van der Waals surface area contributed by atoms with Crippen molar-refractivity contribution in [3.63, 3.8) is 0 Å². The van der Waals surface area contributed by atoms with E-state index in [1.165, 1.54) is 5.56 Å². The molecule has 2 aromatic heterocycles. The average molecular weight is 520 g/mol. The van der Waals surface area contributed by atoms with Crippen molar-refractivity contribution in [3.8, 4) is 0 Å². The summed E-state index contributed by atoms with van der Waals surface area (Å²) in [5, 5.41) is 14.7. The number of pyridine rings is 1. The van der Waals surface area contributed by atoms with Crippen molar-refractivity contribution in [3.05, 3.63) is 80.4 Å². The van der Waals surface area contributed by atoms with E-state index in [-0.39, 0.29) is 17.1 Å². The third-order valence-corrected chi connectivity index (χ3v) is 7.93. The van der Waals surface area contributed by atoms with Crippen molar-refractivity contribution < 1.29 is 0 Å². The third-order valence-electron chi connectivity index (χ3n) is 7.69. The predicted octanol–water partition coefficient (Wildman–Crippen LogP) is 4.84. The predicted molar refractivity (Wildman–Crippen MR) is 149 cm³/mol. The van der Waals surface area contributed by atoms with Gasteiger partial charge in [0.1, 0.15) is 6.04 Å². The van der Waals surface area contributed by atoms with E-state index in [9.17, 15) is 4.79 Å². The average Bonchev–Trinajstić information content (AvgIpc) is 3.37. The molecule has 5 rings (SSSR count). The molecule has 1 saturated heterocycles. The number of aryl methyl sites for hydroxylation is 2. The highest BCUT2D eigenvalue weighted by Crippen LogP contribution is 2.33. The van der Waals surface area contributed by atoms with Gasteiger partial charge < -0.3 is 9.88 Å². The van der Waals surface area contributed by atoms with Gasteiger partial charge in [0.25, 0.3) is 5.56 Å². The minimum absolute atomic E-state index is 0.113. The first-order valence-electron chi connectivity index (χ1n) is 12.9. The number of piperazine rings is 1. The van der Waals surface area contributed by atoms with Gasteiger partial charge in [0, 0.05) is 48.0 Å². The van der Waals surface area contributed by atoms with Gasteiger partial charge in [0.15, 0.2) is 5.82 Å². The Hall–Kier alpha value is -3.23. The monoisotopic (exact) mass is 519 g/mol. The van der Waals surface area contributed by atoms with Crippen LogP contribution < -0.4 is 10.5 Å². The Morgan fingerprint density at radius 2 is 1.81 bits per heavy atom. The molecule has 0 bridgehead atoms. The topological polar surface area (TPSA) is 82.9 Å². The number of tetrazole rings is 1. The molecule has 1 aliphatic heterocycles. The van der Waals surface area contributed by atoms with Gasteiger partial charge in [0.2, 0.25) is 0 Å². The van der Waals surface area contributed by atoms with Crippen molar-refractivity contribution in [2.75, 3.05) is 31.1 Å². The quantitative estimate of drug-likeness (QED) is 0.392. The lowest BCUT2D eigenvalue weighted by Crippen LogP contribution is -2.49. The van der Waals surface area contributed by atoms with Crippen molar-refractivity contribution >= 4 is 28.2 Å². The molecule has 1 N–H and O–H groups in total. The molecule has 0 aliphatic carbocycles. The van der Waals surface area contributed by atoms with Crippen molar-refractivity contribution in [2.45, 2.75) is 52.6 Å². The molecule has 1 unspecified atom stereocenters. The summed E-state index contributed by atoms with van der Waals surface area (Å²) in [5.41, 5.74) is 4.57. The van der Waals surface area contributed by atoms with Gasteiger partial charge in [-0.15, -0.1) is 5.10 Å². The molecule has 0 radical (unpaired) electrons. The molecule has 1 atom stereocenters. The Labute approximate surface area is 222 Å². The molecule has 0 saturated carbocycles. The maximum Gasteiger partial charge on any atom is 0.253 e. The van der Waals surface area contributed by atoms with Crippen LogP contribution in [0.1, 0.15) is 55.7 Å². The van der Waals surface area contributed by atoms with Crippen molar-refractivity contribution in [1.82, 2.24) is 30.1 Å². The Morgan fingerprint density at radius 3 is 2.54 bits per heavy atom. The summed E-state index contributed by atoms with van der Waals surface area (Å²) in [7, 11) is 0. The first-order valence-corrected chi connectivity index (χ1v) is 13.2. The van der Waals surface area contributed by atoms with E-state index in [2.05, 4.69) is 77.1 Å². The van der Waals surface area contributed by atoms with E-state index < -0.39 is 0 Å². The van der Waals surface area contributed by atoms with E-state index in [4.69, 9.17) is 11.6 Å². The lowest BCUT2D eigenvalue weighted by molar-refractivity contribution is 0.186. The van der Waals surface area contributed by atoms with E-state index in [0.717, 1.165) is 59.8 Å². The van der Waals surface area contributed by atoms with Crippen LogP contribution in [0.5, 0.6) is 0 Å². The number of fused-ring (bicyclic) bond motifs is 1. The highest BCUT2D eigenvalue weighted by atomic mass is 35.5. The summed E-state index contributed by atoms with van der Waals surface area (Å²) < 4.78 is 1.89. The first-order chi connectivity index (χ1) is 17.7. The number of halogens is 1. The number of benzene rings is 2. The molecule has 1 fully saturated rings. The second kappa shape index (κ2) is 9.91. The number of H-pyrrole nitrogens is 1. The summed E-state index contributed by atoms with van der Waals surface area (Å²) in [6, 6.07) is 13.7. The first kappa shape index (κ1) is 25.4. The highest BCUT2D eigenvalue weighted by molar-refractivity contribution is 6.30. The van der Waals surface area contributed by atoms with Crippen molar-refractivity contribution in [2.24, 2.45) is 0 Å². The van der Waals surface area contributed by atoms with Crippen LogP contribution in [0, 0.1) is 13.8 Å². The van der Waals surface area contributed by atoms with Crippen LogP contribution in [0.4, 0.5) is 5.69 Å². The molecule has 194 valence electrons. The van der Waals surface area contributed by atoms with Crippen LogP contribution >= 0.6 is 11.6 Å². The zero-order valence-corrected chi connectivity index (χ0v) is 22.9. The Kier molecular flexibility index (Phi) is 6.81. The Morgan fingerprint density at radius 1 is 1.05 bits per heavy atom. The molecule has 8 nitrogen and oxygen atoms in total. The number of hydrogen-bond donors (Lipinski definition) is 1. The summed E-state index contributed by atoms with van der Waals surface area (Å²) in [6.07, 6.45) is 0.854. The molecule has 4 aromatic rings. The highest BCUT2D eigenvalue weighted by Gasteiger charge is 2.35. The second-order valence-electron chi connectivity index (χ2n) is 10.6. The molecular weight excluding hydrogens is 486 g/mol. The van der Waals surface area contributed by atoms with Gasteiger partial charge in [-0.2, -0.15) is 0 Å². The van der Waals surface area contributed by atoms with Gasteiger partial charge in [-0.3, -0.25) is 9.69 Å². The molecule has 2 aromatic carbocycles. The summed E-state index contributed by atoms with van der Waals surface area (Å²) >= 11 is 6.31. The molecule has 0 spiro atoms. The molecular formula is C28H34ClN7O. The van der Waals surface area contributed by atoms with Gasteiger partial charge in [0.05, 0.1) is 5.54 Å². The van der Waals surface area contributed by atoms with Crippen LogP contribution in [0.15, 0.2) is 47.3 Å². The maximum atomic E-state index is 13.5. The van der Waals surface area contributed by atoms with E-state index in [1.54, 1.807) is 0 Å². The summed E-state index contributed by atoms with van der Waals surface area (Å²) in [5.74, 6) is 0.691. The van der Waals surface area contributed by atoms with E-state index >= 15 is 0 Å². The fourth-order valence-corrected chi connectivity index (χ4v) is 5.30. The minimum atomic E-state index is -0.378. The Bertz CT molecular complexity index is 1480.